The molecule has 1 aliphatic rings. The average Bonchev–Trinajstić information content (AvgIpc) is 2.90. The molecular formula is C32H33F5O. The lowest BCUT2D eigenvalue weighted by atomic mass is 9.78. The van der Waals surface area contributed by atoms with E-state index in [9.17, 15) is 17.6 Å². The number of unbranched alkanes of at least 4 members (excludes halogenated alkanes) is 1. The second-order valence-corrected chi connectivity index (χ2v) is 10.3. The van der Waals surface area contributed by atoms with E-state index in [0.717, 1.165) is 42.2 Å². The summed E-state index contributed by atoms with van der Waals surface area (Å²) in [5, 5.41) is 1.28. The molecule has 0 radical (unpaired) electrons. The van der Waals surface area contributed by atoms with Crippen LogP contribution in [0.15, 0.2) is 48.5 Å². The third-order valence-electron chi connectivity index (χ3n) is 7.46. The molecule has 0 spiro atoms. The fourth-order valence-corrected chi connectivity index (χ4v) is 5.26. The smallest absolute Gasteiger partial charge is 0.422 e. The van der Waals surface area contributed by atoms with Crippen LogP contribution in [-0.2, 0) is 6.42 Å². The van der Waals surface area contributed by atoms with Gasteiger partial charge < -0.3 is 4.74 Å². The zero-order valence-electron chi connectivity index (χ0n) is 21.6. The van der Waals surface area contributed by atoms with E-state index in [-0.39, 0.29) is 11.1 Å². The Kier molecular flexibility index (Phi) is 9.31. The number of benzene rings is 3. The van der Waals surface area contributed by atoms with Crippen LogP contribution in [0.5, 0.6) is 5.75 Å². The molecular weight excluding hydrogens is 495 g/mol. The molecule has 0 aromatic heterocycles. The summed E-state index contributed by atoms with van der Waals surface area (Å²) in [6, 6.07) is 12.6. The topological polar surface area (TPSA) is 9.23 Å². The van der Waals surface area contributed by atoms with Crippen LogP contribution in [0.2, 0.25) is 0 Å². The lowest BCUT2D eigenvalue weighted by Crippen LogP contribution is -2.19. The van der Waals surface area contributed by atoms with E-state index >= 15 is 4.39 Å². The SMILES string of the molecule is CCCCC1CCC(CCc2ccc3c(F)c(C#Cc4ccc(OCC(F)(F)F)c(F)c4)ccc3c2)CC1. The summed E-state index contributed by atoms with van der Waals surface area (Å²) in [4.78, 5) is 0. The van der Waals surface area contributed by atoms with Crippen LogP contribution in [0.25, 0.3) is 10.8 Å². The molecule has 0 amide bonds. The molecule has 0 aliphatic heterocycles. The summed E-state index contributed by atoms with van der Waals surface area (Å²) in [6.07, 6.45) is 6.88. The molecule has 0 N–H and O–H groups in total. The van der Waals surface area contributed by atoms with Gasteiger partial charge in [0.2, 0.25) is 0 Å². The third-order valence-corrected chi connectivity index (χ3v) is 7.46. The molecule has 1 fully saturated rings. The first-order valence-electron chi connectivity index (χ1n) is 13.4. The van der Waals surface area contributed by atoms with Crippen LogP contribution in [0.3, 0.4) is 0 Å². The summed E-state index contributed by atoms with van der Waals surface area (Å²) in [5.41, 5.74) is 1.58. The Morgan fingerprint density at radius 1 is 0.868 bits per heavy atom. The van der Waals surface area contributed by atoms with Crippen molar-refractivity contribution in [2.45, 2.75) is 70.9 Å². The van der Waals surface area contributed by atoms with Gasteiger partial charge in [-0.1, -0.05) is 88.0 Å². The minimum atomic E-state index is -4.56. The number of hydrogen-bond donors (Lipinski definition) is 0. The maximum Gasteiger partial charge on any atom is 0.422 e. The highest BCUT2D eigenvalue weighted by atomic mass is 19.4. The number of halogens is 5. The first-order valence-corrected chi connectivity index (χ1v) is 13.4. The fraction of sp³-hybridized carbons (Fsp3) is 0.438. The lowest BCUT2D eigenvalue weighted by Gasteiger charge is -2.28. The van der Waals surface area contributed by atoms with Gasteiger partial charge >= 0.3 is 6.18 Å². The van der Waals surface area contributed by atoms with Crippen LogP contribution in [0.4, 0.5) is 22.0 Å². The second-order valence-electron chi connectivity index (χ2n) is 10.3. The Balaban J connectivity index is 1.38. The van der Waals surface area contributed by atoms with Crippen molar-refractivity contribution in [3.8, 4) is 17.6 Å². The van der Waals surface area contributed by atoms with Gasteiger partial charge in [-0.2, -0.15) is 13.2 Å². The van der Waals surface area contributed by atoms with E-state index < -0.39 is 30.2 Å². The molecule has 1 saturated carbocycles. The van der Waals surface area contributed by atoms with E-state index in [1.54, 1.807) is 12.1 Å². The van der Waals surface area contributed by atoms with Crippen molar-refractivity contribution in [3.05, 3.63) is 76.9 Å². The molecule has 38 heavy (non-hydrogen) atoms. The van der Waals surface area contributed by atoms with Crippen LogP contribution in [0.1, 0.15) is 75.0 Å². The molecule has 0 heterocycles. The van der Waals surface area contributed by atoms with Gasteiger partial charge in [0.1, 0.15) is 5.82 Å². The maximum atomic E-state index is 15.2. The van der Waals surface area contributed by atoms with Gasteiger partial charge in [0.25, 0.3) is 0 Å². The Morgan fingerprint density at radius 3 is 2.29 bits per heavy atom. The molecule has 0 atom stereocenters. The molecule has 1 aliphatic carbocycles. The number of ether oxygens (including phenoxy) is 1. The molecule has 0 bridgehead atoms. The highest BCUT2D eigenvalue weighted by Gasteiger charge is 2.29. The number of rotatable bonds is 8. The summed E-state index contributed by atoms with van der Waals surface area (Å²) in [7, 11) is 0. The van der Waals surface area contributed by atoms with Gasteiger partial charge in [-0.25, -0.2) is 8.78 Å². The number of fused-ring (bicyclic) bond motifs is 1. The van der Waals surface area contributed by atoms with Crippen LogP contribution in [0, 0.1) is 35.3 Å². The molecule has 3 aromatic rings. The molecule has 1 nitrogen and oxygen atoms in total. The van der Waals surface area contributed by atoms with Crippen LogP contribution in [-0.4, -0.2) is 12.8 Å². The Bertz CT molecular complexity index is 1290. The van der Waals surface area contributed by atoms with E-state index in [1.807, 2.05) is 18.2 Å². The largest absolute Gasteiger partial charge is 0.481 e. The number of hydrogen-bond acceptors (Lipinski definition) is 1. The van der Waals surface area contributed by atoms with Gasteiger partial charge in [-0.3, -0.25) is 0 Å². The number of aryl methyl sites for hydroxylation is 1. The normalized spacial score (nSPS) is 17.7. The highest BCUT2D eigenvalue weighted by Crippen LogP contribution is 2.34. The van der Waals surface area contributed by atoms with E-state index in [4.69, 9.17) is 0 Å². The van der Waals surface area contributed by atoms with Crippen molar-refractivity contribution in [2.75, 3.05) is 6.61 Å². The molecule has 0 saturated heterocycles. The van der Waals surface area contributed by atoms with Crippen molar-refractivity contribution >= 4 is 10.8 Å². The average molecular weight is 529 g/mol. The standard InChI is InChI=1S/C32H33F5O/c1-2-3-4-22-5-7-23(8-6-22)9-10-24-12-17-28-27(19-24)16-15-26(31(28)34)14-11-25-13-18-30(29(33)20-25)38-21-32(35,36)37/h12-13,15-20,22-23H,2-10,21H2,1H3. The van der Waals surface area contributed by atoms with Crippen molar-refractivity contribution < 1.29 is 26.7 Å². The summed E-state index contributed by atoms with van der Waals surface area (Å²) < 4.78 is 70.6. The molecule has 0 unspecified atom stereocenters. The first-order chi connectivity index (χ1) is 18.2. The van der Waals surface area contributed by atoms with E-state index in [1.165, 1.54) is 56.6 Å². The second kappa shape index (κ2) is 12.7. The molecule has 4 rings (SSSR count). The number of alkyl halides is 3. The van der Waals surface area contributed by atoms with Gasteiger partial charge in [-0.15, -0.1) is 0 Å². The minimum absolute atomic E-state index is 0.169. The summed E-state index contributed by atoms with van der Waals surface area (Å²) in [5.74, 6) is 5.15. The quantitative estimate of drug-likeness (QED) is 0.209. The lowest BCUT2D eigenvalue weighted by molar-refractivity contribution is -0.153. The zero-order chi connectivity index (χ0) is 27.1. The fourth-order valence-electron chi connectivity index (χ4n) is 5.26. The van der Waals surface area contributed by atoms with E-state index in [2.05, 4.69) is 23.5 Å². The Morgan fingerprint density at radius 2 is 1.61 bits per heavy atom. The van der Waals surface area contributed by atoms with Gasteiger partial charge in [0, 0.05) is 10.9 Å². The van der Waals surface area contributed by atoms with Gasteiger partial charge in [0.05, 0.1) is 5.56 Å². The van der Waals surface area contributed by atoms with Crippen LogP contribution >= 0.6 is 0 Å². The monoisotopic (exact) mass is 528 g/mol. The Labute approximate surface area is 221 Å². The Hall–Kier alpha value is -3.07. The summed E-state index contributed by atoms with van der Waals surface area (Å²) in [6.45, 7) is 0.669. The zero-order valence-corrected chi connectivity index (χ0v) is 21.6. The molecule has 3 aromatic carbocycles. The minimum Gasteiger partial charge on any atom is -0.481 e. The van der Waals surface area contributed by atoms with Crippen molar-refractivity contribution in [1.29, 1.82) is 0 Å². The molecule has 6 heteroatoms. The first kappa shape index (κ1) is 28.0. The van der Waals surface area contributed by atoms with Crippen LogP contribution < -0.4 is 4.74 Å². The van der Waals surface area contributed by atoms with Crippen molar-refractivity contribution in [3.63, 3.8) is 0 Å². The van der Waals surface area contributed by atoms with E-state index in [0.29, 0.717) is 5.39 Å². The predicted molar refractivity (Wildman–Crippen MR) is 141 cm³/mol. The van der Waals surface area contributed by atoms with Crippen molar-refractivity contribution in [2.24, 2.45) is 11.8 Å². The maximum absolute atomic E-state index is 15.2. The highest BCUT2D eigenvalue weighted by molar-refractivity contribution is 5.85. The third kappa shape index (κ3) is 7.72. The predicted octanol–water partition coefficient (Wildman–Crippen LogP) is 9.39. The van der Waals surface area contributed by atoms with Crippen molar-refractivity contribution in [1.82, 2.24) is 0 Å². The molecule has 202 valence electrons. The summed E-state index contributed by atoms with van der Waals surface area (Å²) >= 11 is 0. The van der Waals surface area contributed by atoms with Gasteiger partial charge in [-0.05, 0) is 59.9 Å². The van der Waals surface area contributed by atoms with Gasteiger partial charge in [0.15, 0.2) is 18.2 Å².